The molecule has 6 rings (SSSR count). The number of para-hydroxylation sites is 1. The van der Waals surface area contributed by atoms with Gasteiger partial charge in [-0.2, -0.15) is 5.26 Å². The van der Waals surface area contributed by atoms with Crippen molar-refractivity contribution >= 4 is 0 Å². The van der Waals surface area contributed by atoms with E-state index in [2.05, 4.69) is 66.7 Å². The number of nitriles is 1. The minimum atomic E-state index is -0.588. The maximum atomic E-state index is 10.8. The largest absolute Gasteiger partial charge is 1.00 e. The lowest BCUT2D eigenvalue weighted by Gasteiger charge is -2.60. The Labute approximate surface area is 220 Å². The van der Waals surface area contributed by atoms with Crippen LogP contribution in [-0.2, 0) is 5.41 Å². The number of unbranched alkanes of at least 4 members (excludes halogenated alkanes) is 1. The Morgan fingerprint density at radius 2 is 1.23 bits per heavy atom. The van der Waals surface area contributed by atoms with Crippen LogP contribution in [0.25, 0.3) is 0 Å². The maximum Gasteiger partial charge on any atom is 0.119 e. The summed E-state index contributed by atoms with van der Waals surface area (Å²) in [6.45, 7) is 5.56. The molecule has 0 unspecified atom stereocenters. The van der Waals surface area contributed by atoms with E-state index in [0.29, 0.717) is 0 Å². The van der Waals surface area contributed by atoms with Crippen molar-refractivity contribution in [2.24, 2.45) is 5.41 Å². The molecule has 2 bridgehead atoms. The Bertz CT molecular complexity index is 1050. The molecule has 0 aliphatic carbocycles. The molecule has 0 N–H and O–H groups in total. The number of halogens is 1. The molecule has 182 valence electrons. The molecule has 0 atom stereocenters. The average molecular weight is 532 g/mol. The predicted octanol–water partition coefficient (Wildman–Crippen LogP) is 3.36. The van der Waals surface area contributed by atoms with Crippen LogP contribution in [0.5, 0.6) is 5.75 Å². The van der Waals surface area contributed by atoms with Crippen molar-refractivity contribution in [2.75, 3.05) is 32.8 Å². The van der Waals surface area contributed by atoms with Crippen LogP contribution in [0, 0.1) is 16.7 Å². The van der Waals surface area contributed by atoms with Crippen LogP contribution in [0.3, 0.4) is 0 Å². The fraction of sp³-hybridized carbons (Fsp3) is 0.387. The fourth-order valence-electron chi connectivity index (χ4n) is 6.62. The van der Waals surface area contributed by atoms with Crippen LogP contribution in [0.2, 0.25) is 0 Å². The van der Waals surface area contributed by atoms with Crippen LogP contribution < -0.4 is 21.7 Å². The van der Waals surface area contributed by atoms with Crippen molar-refractivity contribution in [2.45, 2.75) is 37.5 Å². The number of rotatable bonds is 9. The first-order valence-electron chi connectivity index (χ1n) is 12.8. The van der Waals surface area contributed by atoms with E-state index in [1.807, 2.05) is 30.3 Å². The molecule has 0 aromatic heterocycles. The van der Waals surface area contributed by atoms with E-state index in [1.165, 1.54) is 37.1 Å². The van der Waals surface area contributed by atoms with Gasteiger partial charge in [0.2, 0.25) is 0 Å². The molecular weight excluding hydrogens is 496 g/mol. The smallest absolute Gasteiger partial charge is 0.119 e. The van der Waals surface area contributed by atoms with E-state index >= 15 is 0 Å². The number of benzene rings is 3. The summed E-state index contributed by atoms with van der Waals surface area (Å²) in [5.74, 6) is 0.963. The SMILES string of the molecule is N#CC(c1ccccc1)(c1ccccc1)C12CC[N+](CCCCOc3ccccc3)(CC1)CC2.[Br-]. The molecule has 35 heavy (non-hydrogen) atoms. The van der Waals surface area contributed by atoms with Gasteiger partial charge < -0.3 is 26.2 Å². The summed E-state index contributed by atoms with van der Waals surface area (Å²) >= 11 is 0. The predicted molar refractivity (Wildman–Crippen MR) is 136 cm³/mol. The van der Waals surface area contributed by atoms with Crippen molar-refractivity contribution in [1.29, 1.82) is 5.26 Å². The minimum Gasteiger partial charge on any atom is -1.00 e. The van der Waals surface area contributed by atoms with Gasteiger partial charge in [0.15, 0.2) is 0 Å². The monoisotopic (exact) mass is 530 g/mol. The van der Waals surface area contributed by atoms with Crippen molar-refractivity contribution in [3.8, 4) is 11.8 Å². The highest BCUT2D eigenvalue weighted by atomic mass is 79.9. The first-order valence-corrected chi connectivity index (χ1v) is 12.8. The lowest BCUT2D eigenvalue weighted by molar-refractivity contribution is -0.946. The number of ether oxygens (including phenoxy) is 1. The lowest BCUT2D eigenvalue weighted by atomic mass is 9.50. The van der Waals surface area contributed by atoms with Crippen LogP contribution >= 0.6 is 0 Å². The third kappa shape index (κ3) is 4.77. The lowest BCUT2D eigenvalue weighted by Crippen LogP contribution is -3.00. The Morgan fingerprint density at radius 3 is 1.71 bits per heavy atom. The summed E-state index contributed by atoms with van der Waals surface area (Å²) in [4.78, 5) is 0. The summed E-state index contributed by atoms with van der Waals surface area (Å²) < 4.78 is 7.12. The zero-order valence-corrected chi connectivity index (χ0v) is 22.0. The molecule has 3 aliphatic heterocycles. The van der Waals surface area contributed by atoms with E-state index in [1.54, 1.807) is 0 Å². The van der Waals surface area contributed by atoms with Gasteiger partial charge in [0.05, 0.1) is 38.9 Å². The fourth-order valence-corrected chi connectivity index (χ4v) is 6.62. The molecule has 3 aromatic carbocycles. The highest BCUT2D eigenvalue weighted by Gasteiger charge is 2.61. The second-order valence-corrected chi connectivity index (χ2v) is 10.2. The van der Waals surface area contributed by atoms with Crippen molar-refractivity contribution in [1.82, 2.24) is 0 Å². The van der Waals surface area contributed by atoms with Gasteiger partial charge in [-0.3, -0.25) is 0 Å². The van der Waals surface area contributed by atoms with E-state index in [9.17, 15) is 5.26 Å². The van der Waals surface area contributed by atoms with Gasteiger partial charge in [-0.1, -0.05) is 78.9 Å². The third-order valence-corrected chi connectivity index (χ3v) is 8.61. The Balaban J connectivity index is 0.00000289. The highest BCUT2D eigenvalue weighted by molar-refractivity contribution is 5.49. The molecule has 0 radical (unpaired) electrons. The Morgan fingerprint density at radius 1 is 0.743 bits per heavy atom. The normalized spacial score (nSPS) is 23.2. The molecule has 3 aromatic rings. The molecule has 0 spiro atoms. The van der Waals surface area contributed by atoms with Gasteiger partial charge in [-0.05, 0) is 36.1 Å². The molecule has 3 nitrogen and oxygen atoms in total. The zero-order valence-electron chi connectivity index (χ0n) is 20.4. The zero-order chi connectivity index (χ0) is 23.3. The summed E-state index contributed by atoms with van der Waals surface area (Å²) in [5, 5.41) is 10.8. The van der Waals surface area contributed by atoms with Gasteiger partial charge in [0, 0.05) is 24.7 Å². The van der Waals surface area contributed by atoms with Gasteiger partial charge in [0.1, 0.15) is 11.2 Å². The standard InChI is InChI=1S/C31H35N2O.BrH/c32-26-31(27-12-4-1-5-13-27,28-14-6-2-7-15-28)30-18-22-33(23-19-30,24-20-30)21-10-11-25-34-29-16-8-3-9-17-29;/h1-9,12-17H,10-11,18-25H2;1H/q+1;/p-1. The molecule has 3 heterocycles. The number of hydrogen-bond donors (Lipinski definition) is 0. The van der Waals surface area contributed by atoms with Gasteiger partial charge in [0.25, 0.3) is 0 Å². The second-order valence-electron chi connectivity index (χ2n) is 10.2. The quantitative estimate of drug-likeness (QED) is 0.314. The first-order chi connectivity index (χ1) is 16.7. The molecule has 3 fully saturated rings. The molecule has 0 saturated carbocycles. The number of hydrogen-bond acceptors (Lipinski definition) is 2. The molecule has 3 aliphatic rings. The van der Waals surface area contributed by atoms with Gasteiger partial charge in [-0.15, -0.1) is 0 Å². The number of nitrogens with zero attached hydrogens (tertiary/aromatic N) is 2. The minimum absolute atomic E-state index is 0. The molecule has 0 amide bonds. The number of fused-ring (bicyclic) bond motifs is 3. The topological polar surface area (TPSA) is 33.0 Å². The van der Waals surface area contributed by atoms with Crippen LogP contribution in [-0.4, -0.2) is 37.3 Å². The number of quaternary nitrogens is 1. The van der Waals surface area contributed by atoms with Crippen molar-refractivity contribution in [3.05, 3.63) is 102 Å². The van der Waals surface area contributed by atoms with E-state index in [-0.39, 0.29) is 22.4 Å². The first kappa shape index (κ1) is 25.5. The van der Waals surface area contributed by atoms with E-state index in [0.717, 1.165) is 49.2 Å². The van der Waals surface area contributed by atoms with Crippen LogP contribution in [0.15, 0.2) is 91.0 Å². The maximum absolute atomic E-state index is 10.8. The number of piperidine rings is 3. The average Bonchev–Trinajstić information content (AvgIpc) is 2.92. The summed E-state index contributed by atoms with van der Waals surface area (Å²) in [5.41, 5.74) is 1.73. The van der Waals surface area contributed by atoms with E-state index < -0.39 is 5.41 Å². The Kier molecular flexibility index (Phi) is 7.99. The van der Waals surface area contributed by atoms with Gasteiger partial charge >= 0.3 is 0 Å². The summed E-state index contributed by atoms with van der Waals surface area (Å²) in [7, 11) is 0. The van der Waals surface area contributed by atoms with Crippen molar-refractivity contribution < 1.29 is 26.2 Å². The van der Waals surface area contributed by atoms with Crippen LogP contribution in [0.4, 0.5) is 0 Å². The summed E-state index contributed by atoms with van der Waals surface area (Å²) in [6, 6.07) is 34.2. The van der Waals surface area contributed by atoms with Crippen LogP contribution in [0.1, 0.15) is 43.2 Å². The van der Waals surface area contributed by atoms with E-state index in [4.69, 9.17) is 4.74 Å². The van der Waals surface area contributed by atoms with Crippen molar-refractivity contribution in [3.63, 3.8) is 0 Å². The second kappa shape index (κ2) is 11.0. The summed E-state index contributed by atoms with van der Waals surface area (Å²) in [6.07, 6.45) is 5.64. The molecule has 4 heteroatoms. The van der Waals surface area contributed by atoms with Gasteiger partial charge in [-0.25, -0.2) is 0 Å². The third-order valence-electron chi connectivity index (χ3n) is 8.61. The molecular formula is C31H35BrN2O. The molecule has 3 saturated heterocycles. The Hall–Kier alpha value is -2.61. The highest BCUT2D eigenvalue weighted by Crippen LogP contribution is 2.58.